The van der Waals surface area contributed by atoms with Crippen LogP contribution >= 0.6 is 0 Å². The highest BCUT2D eigenvalue weighted by atomic mass is 16.2. The van der Waals surface area contributed by atoms with E-state index in [0.29, 0.717) is 25.6 Å². The van der Waals surface area contributed by atoms with Gasteiger partial charge in [0.2, 0.25) is 11.8 Å². The average molecular weight is 343 g/mol. The molecule has 0 aromatic heterocycles. The fourth-order valence-corrected chi connectivity index (χ4v) is 4.08. The molecule has 0 radical (unpaired) electrons. The van der Waals surface area contributed by atoms with E-state index >= 15 is 0 Å². The number of fused-ring (bicyclic) bond motifs is 1. The molecular formula is C20H29N3O2. The first-order chi connectivity index (χ1) is 12.1. The Bertz CT molecular complexity index is 590. The molecule has 3 rings (SSSR count). The molecule has 1 aromatic carbocycles. The van der Waals surface area contributed by atoms with Crippen molar-refractivity contribution in [1.29, 1.82) is 0 Å². The second kappa shape index (κ2) is 8.48. The fraction of sp³-hybridized carbons (Fsp3) is 0.600. The highest BCUT2D eigenvalue weighted by Gasteiger charge is 2.36. The minimum absolute atomic E-state index is 0.0102. The van der Waals surface area contributed by atoms with Gasteiger partial charge in [-0.25, -0.2) is 0 Å². The summed E-state index contributed by atoms with van der Waals surface area (Å²) in [7, 11) is 0. The van der Waals surface area contributed by atoms with Gasteiger partial charge < -0.3 is 10.2 Å². The minimum atomic E-state index is 0.0102. The Morgan fingerprint density at radius 3 is 2.72 bits per heavy atom. The predicted octanol–water partition coefficient (Wildman–Crippen LogP) is 2.17. The van der Waals surface area contributed by atoms with Crippen LogP contribution in [0.1, 0.15) is 44.6 Å². The second-order valence-corrected chi connectivity index (χ2v) is 7.24. The first-order valence-electron chi connectivity index (χ1n) is 9.46. The molecule has 1 N–H and O–H groups in total. The van der Waals surface area contributed by atoms with Crippen LogP contribution in [0.25, 0.3) is 0 Å². The third-order valence-electron chi connectivity index (χ3n) is 5.47. The molecule has 0 aliphatic carbocycles. The Hall–Kier alpha value is -1.88. The summed E-state index contributed by atoms with van der Waals surface area (Å²) < 4.78 is 0. The fourth-order valence-electron chi connectivity index (χ4n) is 4.08. The Balaban J connectivity index is 1.47. The summed E-state index contributed by atoms with van der Waals surface area (Å²) in [6.07, 6.45) is 5.16. The zero-order valence-electron chi connectivity index (χ0n) is 15.1. The number of rotatable bonds is 6. The van der Waals surface area contributed by atoms with Gasteiger partial charge in [-0.15, -0.1) is 0 Å². The number of benzene rings is 1. The van der Waals surface area contributed by atoms with Gasteiger partial charge in [0.1, 0.15) is 0 Å². The van der Waals surface area contributed by atoms with Crippen molar-refractivity contribution in [2.75, 3.05) is 19.6 Å². The molecule has 2 heterocycles. The lowest BCUT2D eigenvalue weighted by Gasteiger charge is -2.32. The number of hydrogen-bond donors (Lipinski definition) is 1. The van der Waals surface area contributed by atoms with Gasteiger partial charge in [-0.1, -0.05) is 36.8 Å². The van der Waals surface area contributed by atoms with Crippen LogP contribution in [0.3, 0.4) is 0 Å². The average Bonchev–Trinajstić information content (AvgIpc) is 3.02. The normalized spacial score (nSPS) is 23.1. The number of amides is 2. The molecule has 2 aliphatic rings. The maximum absolute atomic E-state index is 12.4. The molecule has 2 unspecified atom stereocenters. The molecule has 136 valence electrons. The maximum atomic E-state index is 12.4. The van der Waals surface area contributed by atoms with Crippen molar-refractivity contribution in [3.05, 3.63) is 35.9 Å². The summed E-state index contributed by atoms with van der Waals surface area (Å²) in [6, 6.07) is 10.7. The molecule has 2 fully saturated rings. The topological polar surface area (TPSA) is 52.7 Å². The van der Waals surface area contributed by atoms with Crippen molar-refractivity contribution in [2.45, 2.75) is 57.7 Å². The Morgan fingerprint density at radius 1 is 1.16 bits per heavy atom. The molecule has 0 spiro atoms. The van der Waals surface area contributed by atoms with Crippen LogP contribution in [0.2, 0.25) is 0 Å². The largest absolute Gasteiger partial charge is 0.352 e. The van der Waals surface area contributed by atoms with E-state index in [9.17, 15) is 9.59 Å². The van der Waals surface area contributed by atoms with Crippen molar-refractivity contribution in [3.63, 3.8) is 0 Å². The lowest BCUT2D eigenvalue weighted by Crippen LogP contribution is -2.47. The van der Waals surface area contributed by atoms with Crippen molar-refractivity contribution in [2.24, 2.45) is 0 Å². The van der Waals surface area contributed by atoms with Crippen LogP contribution in [0.4, 0.5) is 0 Å². The van der Waals surface area contributed by atoms with Crippen molar-refractivity contribution in [3.8, 4) is 0 Å². The van der Waals surface area contributed by atoms with Gasteiger partial charge in [0, 0.05) is 45.1 Å². The molecule has 0 bridgehead atoms. The second-order valence-electron chi connectivity index (χ2n) is 7.24. The summed E-state index contributed by atoms with van der Waals surface area (Å²) in [4.78, 5) is 28.5. The van der Waals surface area contributed by atoms with Gasteiger partial charge in [-0.05, 0) is 31.4 Å². The monoisotopic (exact) mass is 343 g/mol. The number of nitrogens with one attached hydrogen (secondary N) is 1. The van der Waals surface area contributed by atoms with Crippen LogP contribution in [-0.4, -0.2) is 53.3 Å². The van der Waals surface area contributed by atoms with Gasteiger partial charge in [-0.2, -0.15) is 0 Å². The number of piperidine rings is 1. The summed E-state index contributed by atoms with van der Waals surface area (Å²) in [5.41, 5.74) is 1.09. The third kappa shape index (κ3) is 4.82. The van der Waals surface area contributed by atoms with Gasteiger partial charge in [-0.3, -0.25) is 14.5 Å². The van der Waals surface area contributed by atoms with E-state index in [1.165, 1.54) is 25.8 Å². The smallest absolute Gasteiger partial charge is 0.222 e. The van der Waals surface area contributed by atoms with E-state index in [2.05, 4.69) is 10.2 Å². The Morgan fingerprint density at radius 2 is 1.96 bits per heavy atom. The lowest BCUT2D eigenvalue weighted by molar-refractivity contribution is -0.130. The van der Waals surface area contributed by atoms with E-state index in [0.717, 1.165) is 18.5 Å². The number of carbonyl (C=O) groups excluding carboxylic acids is 2. The summed E-state index contributed by atoms with van der Waals surface area (Å²) in [5, 5.41) is 3.22. The number of carbonyl (C=O) groups is 2. The van der Waals surface area contributed by atoms with Crippen LogP contribution in [0, 0.1) is 0 Å². The van der Waals surface area contributed by atoms with Crippen molar-refractivity contribution >= 4 is 11.8 Å². The van der Waals surface area contributed by atoms with Gasteiger partial charge in [0.25, 0.3) is 0 Å². The standard InChI is InChI=1S/C20H29N3O2/c1-16(24)23(15-17-7-3-2-4-8-17)14-11-20(25)21-18-10-13-22-12-6-5-9-19(18)22/h2-4,7-8,18-19H,5-6,9-15H2,1H3,(H,21,25). The van der Waals surface area contributed by atoms with Crippen LogP contribution in [-0.2, 0) is 16.1 Å². The third-order valence-corrected chi connectivity index (χ3v) is 5.47. The van der Waals surface area contributed by atoms with Gasteiger partial charge >= 0.3 is 0 Å². The van der Waals surface area contributed by atoms with Gasteiger partial charge in [0.05, 0.1) is 0 Å². The molecule has 5 nitrogen and oxygen atoms in total. The molecular weight excluding hydrogens is 314 g/mol. The molecule has 25 heavy (non-hydrogen) atoms. The lowest BCUT2D eigenvalue weighted by atomic mass is 9.99. The molecule has 0 saturated carbocycles. The predicted molar refractivity (Wildman–Crippen MR) is 97.9 cm³/mol. The molecule has 5 heteroatoms. The molecule has 1 aromatic rings. The summed E-state index contributed by atoms with van der Waals surface area (Å²) >= 11 is 0. The molecule has 2 amide bonds. The van der Waals surface area contributed by atoms with E-state index in [1.54, 1.807) is 11.8 Å². The summed E-state index contributed by atoms with van der Waals surface area (Å²) in [6.45, 7) is 4.87. The van der Waals surface area contributed by atoms with Crippen LogP contribution < -0.4 is 5.32 Å². The van der Waals surface area contributed by atoms with Crippen LogP contribution in [0.5, 0.6) is 0 Å². The van der Waals surface area contributed by atoms with Crippen LogP contribution in [0.15, 0.2) is 30.3 Å². The van der Waals surface area contributed by atoms with E-state index in [1.807, 2.05) is 30.3 Å². The van der Waals surface area contributed by atoms with Crippen molar-refractivity contribution < 1.29 is 9.59 Å². The number of hydrogen-bond acceptors (Lipinski definition) is 3. The van der Waals surface area contributed by atoms with E-state index < -0.39 is 0 Å². The summed E-state index contributed by atoms with van der Waals surface area (Å²) in [5.74, 6) is 0.0766. The zero-order valence-corrected chi connectivity index (χ0v) is 15.1. The first-order valence-corrected chi connectivity index (χ1v) is 9.46. The highest BCUT2D eigenvalue weighted by Crippen LogP contribution is 2.27. The first kappa shape index (κ1) is 17.9. The highest BCUT2D eigenvalue weighted by molar-refractivity contribution is 5.78. The SMILES string of the molecule is CC(=O)N(CCC(=O)NC1CCN2CCCCC12)Cc1ccccc1. The Kier molecular flexibility index (Phi) is 6.08. The number of nitrogens with zero attached hydrogens (tertiary/aromatic N) is 2. The molecule has 2 saturated heterocycles. The van der Waals surface area contributed by atoms with Crippen molar-refractivity contribution in [1.82, 2.24) is 15.1 Å². The zero-order chi connectivity index (χ0) is 17.6. The van der Waals surface area contributed by atoms with Gasteiger partial charge in [0.15, 0.2) is 0 Å². The minimum Gasteiger partial charge on any atom is -0.352 e. The quantitative estimate of drug-likeness (QED) is 0.861. The molecule has 2 aliphatic heterocycles. The van der Waals surface area contributed by atoms with E-state index in [4.69, 9.17) is 0 Å². The Labute approximate surface area is 150 Å². The van der Waals surface area contributed by atoms with E-state index in [-0.39, 0.29) is 17.9 Å². The maximum Gasteiger partial charge on any atom is 0.222 e. The molecule has 2 atom stereocenters.